The van der Waals surface area contributed by atoms with Crippen molar-refractivity contribution in [2.24, 2.45) is 5.92 Å². The van der Waals surface area contributed by atoms with Crippen LogP contribution in [0.5, 0.6) is 0 Å². The largest absolute Gasteiger partial charge is 0.522 e. The molecule has 0 bridgehead atoms. The summed E-state index contributed by atoms with van der Waals surface area (Å²) in [7, 11) is 0. The van der Waals surface area contributed by atoms with Crippen molar-refractivity contribution in [2.75, 3.05) is 6.54 Å². The van der Waals surface area contributed by atoms with Crippen LogP contribution in [0.25, 0.3) is 0 Å². The van der Waals surface area contributed by atoms with Crippen LogP contribution in [-0.2, 0) is 4.74 Å². The van der Waals surface area contributed by atoms with E-state index in [9.17, 15) is 13.2 Å². The average molecular weight is 225 g/mol. The Morgan fingerprint density at radius 1 is 1.33 bits per heavy atom. The number of alkyl halides is 3. The van der Waals surface area contributed by atoms with E-state index >= 15 is 0 Å². The van der Waals surface area contributed by atoms with Crippen LogP contribution in [-0.4, -0.2) is 25.1 Å². The summed E-state index contributed by atoms with van der Waals surface area (Å²) in [6, 6.07) is 0.437. The number of nitrogens with one attached hydrogen (secondary N) is 1. The molecule has 0 unspecified atom stereocenters. The topological polar surface area (TPSA) is 21.3 Å². The summed E-state index contributed by atoms with van der Waals surface area (Å²) >= 11 is 0. The molecule has 0 spiro atoms. The van der Waals surface area contributed by atoms with Crippen molar-refractivity contribution >= 4 is 0 Å². The fraction of sp³-hybridized carbons (Fsp3) is 1.00. The van der Waals surface area contributed by atoms with Crippen molar-refractivity contribution in [1.29, 1.82) is 0 Å². The Hall–Kier alpha value is -0.290. The monoisotopic (exact) mass is 225 g/mol. The second kappa shape index (κ2) is 5.16. The number of ether oxygens (including phenoxy) is 1. The van der Waals surface area contributed by atoms with E-state index in [1.54, 1.807) is 0 Å². The van der Waals surface area contributed by atoms with Crippen LogP contribution < -0.4 is 5.32 Å². The Morgan fingerprint density at radius 2 is 1.93 bits per heavy atom. The maximum atomic E-state index is 11.8. The molecule has 0 aromatic carbocycles. The van der Waals surface area contributed by atoms with Gasteiger partial charge in [0.1, 0.15) is 0 Å². The van der Waals surface area contributed by atoms with Crippen molar-refractivity contribution in [3.05, 3.63) is 0 Å². The zero-order chi connectivity index (χ0) is 11.5. The van der Waals surface area contributed by atoms with E-state index in [0.717, 1.165) is 13.0 Å². The molecule has 1 saturated carbocycles. The Labute approximate surface area is 88.2 Å². The predicted molar refractivity (Wildman–Crippen MR) is 51.4 cm³/mol. The average Bonchev–Trinajstić information content (AvgIpc) is 1.96. The van der Waals surface area contributed by atoms with Crippen molar-refractivity contribution in [2.45, 2.75) is 51.6 Å². The first-order chi connectivity index (χ1) is 6.87. The minimum absolute atomic E-state index is 0.392. The van der Waals surface area contributed by atoms with Gasteiger partial charge in [-0.15, -0.1) is 13.2 Å². The summed E-state index contributed by atoms with van der Waals surface area (Å²) in [5.41, 5.74) is 0. The Bertz CT molecular complexity index is 188. The predicted octanol–water partition coefficient (Wildman–Crippen LogP) is 2.69. The van der Waals surface area contributed by atoms with Gasteiger partial charge in [-0.25, -0.2) is 0 Å². The molecule has 0 aliphatic heterocycles. The van der Waals surface area contributed by atoms with Gasteiger partial charge in [0, 0.05) is 6.04 Å². The maximum Gasteiger partial charge on any atom is 0.522 e. The summed E-state index contributed by atoms with van der Waals surface area (Å²) in [4.78, 5) is 0. The molecule has 0 atom stereocenters. The third-order valence-corrected chi connectivity index (χ3v) is 2.60. The van der Waals surface area contributed by atoms with Crippen LogP contribution >= 0.6 is 0 Å². The lowest BCUT2D eigenvalue weighted by Gasteiger charge is -2.35. The molecule has 0 aromatic heterocycles. The van der Waals surface area contributed by atoms with Crippen molar-refractivity contribution < 1.29 is 17.9 Å². The molecule has 1 fully saturated rings. The molecule has 1 aliphatic carbocycles. The van der Waals surface area contributed by atoms with Gasteiger partial charge < -0.3 is 5.32 Å². The van der Waals surface area contributed by atoms with E-state index in [4.69, 9.17) is 0 Å². The molecule has 0 radical (unpaired) electrons. The van der Waals surface area contributed by atoms with Gasteiger partial charge in [0.05, 0.1) is 6.10 Å². The molecule has 0 amide bonds. The zero-order valence-electron chi connectivity index (χ0n) is 9.10. The highest BCUT2D eigenvalue weighted by atomic mass is 19.4. The number of halogens is 3. The Morgan fingerprint density at radius 3 is 2.40 bits per heavy atom. The van der Waals surface area contributed by atoms with Gasteiger partial charge >= 0.3 is 6.36 Å². The van der Waals surface area contributed by atoms with E-state index in [-0.39, 0.29) is 0 Å². The summed E-state index contributed by atoms with van der Waals surface area (Å²) in [6.07, 6.45) is -3.05. The lowest BCUT2D eigenvalue weighted by atomic mass is 9.80. The van der Waals surface area contributed by atoms with E-state index in [0.29, 0.717) is 24.8 Å². The van der Waals surface area contributed by atoms with Crippen molar-refractivity contribution in [3.8, 4) is 0 Å². The van der Waals surface area contributed by atoms with Crippen LogP contribution in [0.1, 0.15) is 33.1 Å². The van der Waals surface area contributed by atoms with E-state index in [1.165, 1.54) is 0 Å². The number of hydrogen-bond donors (Lipinski definition) is 1. The number of rotatable bonds is 5. The Kier molecular flexibility index (Phi) is 4.40. The van der Waals surface area contributed by atoms with Gasteiger partial charge in [0.15, 0.2) is 0 Å². The highest BCUT2D eigenvalue weighted by Gasteiger charge is 2.39. The molecule has 1 rings (SSSR count). The lowest BCUT2D eigenvalue weighted by Crippen LogP contribution is -2.37. The second-order valence-electron chi connectivity index (χ2n) is 4.42. The molecule has 0 heterocycles. The molecule has 5 heteroatoms. The second-order valence-corrected chi connectivity index (χ2v) is 4.42. The molecular formula is C10H18F3NO. The first-order valence-corrected chi connectivity index (χ1v) is 5.34. The summed E-state index contributed by atoms with van der Waals surface area (Å²) in [6.45, 7) is 4.98. The van der Waals surface area contributed by atoms with Crippen LogP contribution in [0.2, 0.25) is 0 Å². The standard InChI is InChI=1S/C10H18F3NO/c1-7(2)14-4-3-8-5-9(6-8)15-10(11,12)13/h7-9,14H,3-6H2,1-2H3. The first-order valence-electron chi connectivity index (χ1n) is 5.34. The summed E-state index contributed by atoms with van der Waals surface area (Å²) < 4.78 is 39.2. The third-order valence-electron chi connectivity index (χ3n) is 2.60. The van der Waals surface area contributed by atoms with Crippen molar-refractivity contribution in [1.82, 2.24) is 5.32 Å². The molecule has 0 aromatic rings. The molecule has 2 nitrogen and oxygen atoms in total. The minimum Gasteiger partial charge on any atom is -0.315 e. The van der Waals surface area contributed by atoms with Crippen molar-refractivity contribution in [3.63, 3.8) is 0 Å². The lowest BCUT2D eigenvalue weighted by molar-refractivity contribution is -0.354. The molecular weight excluding hydrogens is 207 g/mol. The molecule has 15 heavy (non-hydrogen) atoms. The van der Waals surface area contributed by atoms with Gasteiger partial charge in [-0.1, -0.05) is 13.8 Å². The first kappa shape index (κ1) is 12.8. The van der Waals surface area contributed by atoms with E-state index in [1.807, 2.05) is 0 Å². The molecule has 90 valence electrons. The zero-order valence-corrected chi connectivity index (χ0v) is 9.10. The highest BCUT2D eigenvalue weighted by molar-refractivity contribution is 4.81. The normalized spacial score (nSPS) is 26.8. The summed E-state index contributed by atoms with van der Waals surface area (Å²) in [5.74, 6) is 0.392. The van der Waals surface area contributed by atoms with Gasteiger partial charge in [-0.05, 0) is 31.7 Å². The Balaban J connectivity index is 2.01. The fourth-order valence-corrected chi connectivity index (χ4v) is 1.77. The molecule has 0 saturated heterocycles. The maximum absolute atomic E-state index is 11.8. The third kappa shape index (κ3) is 5.37. The van der Waals surface area contributed by atoms with Gasteiger partial charge in [-0.3, -0.25) is 4.74 Å². The van der Waals surface area contributed by atoms with Gasteiger partial charge in [0.2, 0.25) is 0 Å². The number of hydrogen-bond acceptors (Lipinski definition) is 2. The van der Waals surface area contributed by atoms with Crippen LogP contribution in [0.3, 0.4) is 0 Å². The van der Waals surface area contributed by atoms with Crippen LogP contribution in [0.15, 0.2) is 0 Å². The summed E-state index contributed by atoms with van der Waals surface area (Å²) in [5, 5.41) is 3.24. The van der Waals surface area contributed by atoms with Gasteiger partial charge in [-0.2, -0.15) is 0 Å². The van der Waals surface area contributed by atoms with Crippen LogP contribution in [0.4, 0.5) is 13.2 Å². The highest BCUT2D eigenvalue weighted by Crippen LogP contribution is 2.36. The minimum atomic E-state index is -4.47. The van der Waals surface area contributed by atoms with E-state index in [2.05, 4.69) is 23.9 Å². The fourth-order valence-electron chi connectivity index (χ4n) is 1.77. The smallest absolute Gasteiger partial charge is 0.315 e. The van der Waals surface area contributed by atoms with E-state index < -0.39 is 12.5 Å². The SMILES string of the molecule is CC(C)NCCC1CC(OC(F)(F)F)C1. The van der Waals surface area contributed by atoms with Crippen LogP contribution in [0, 0.1) is 5.92 Å². The molecule has 1 aliphatic rings. The molecule has 1 N–H and O–H groups in total. The van der Waals surface area contributed by atoms with Gasteiger partial charge in [0.25, 0.3) is 0 Å². The quantitative estimate of drug-likeness (QED) is 0.776.